The molecule has 30 heavy (non-hydrogen) atoms. The number of benzene rings is 2. The second-order valence-electron chi connectivity index (χ2n) is 6.83. The summed E-state index contributed by atoms with van der Waals surface area (Å²) in [5.41, 5.74) is 0. The van der Waals surface area contributed by atoms with E-state index in [0.717, 1.165) is 0 Å². The maximum Gasteiger partial charge on any atom is 0.413 e. The van der Waals surface area contributed by atoms with Crippen LogP contribution in [0.3, 0.4) is 0 Å². The van der Waals surface area contributed by atoms with Crippen LogP contribution >= 0.6 is 0 Å². The van der Waals surface area contributed by atoms with E-state index in [1.165, 1.54) is 0 Å². The van der Waals surface area contributed by atoms with Crippen molar-refractivity contribution in [2.24, 2.45) is 5.92 Å². The zero-order chi connectivity index (χ0) is 21.8. The number of hydrogen-bond acceptors (Lipinski definition) is 6. The zero-order valence-electron chi connectivity index (χ0n) is 17.0. The Kier molecular flexibility index (Phi) is 9.18. The predicted molar refractivity (Wildman–Crippen MR) is 110 cm³/mol. The molecule has 0 saturated heterocycles. The van der Waals surface area contributed by atoms with Crippen LogP contribution in [0.5, 0.6) is 11.5 Å². The molecule has 2 amide bonds. The molecule has 0 radical (unpaired) electrons. The van der Waals surface area contributed by atoms with Crippen LogP contribution in [0.25, 0.3) is 0 Å². The molecule has 8 heteroatoms. The van der Waals surface area contributed by atoms with Gasteiger partial charge in [-0.15, -0.1) is 0 Å². The SMILES string of the molecule is CC(C)C[C@H](NC(=O)Oc1ccccc1)C(=O)OCCNC(=O)Oc1ccccc1. The summed E-state index contributed by atoms with van der Waals surface area (Å²) in [5, 5.41) is 5.02. The molecule has 0 bridgehead atoms. The van der Waals surface area contributed by atoms with E-state index in [2.05, 4.69) is 10.6 Å². The molecule has 0 aliphatic rings. The first-order valence-electron chi connectivity index (χ1n) is 9.65. The van der Waals surface area contributed by atoms with Crippen molar-refractivity contribution in [3.8, 4) is 11.5 Å². The van der Waals surface area contributed by atoms with Crippen LogP contribution in [0.4, 0.5) is 9.59 Å². The van der Waals surface area contributed by atoms with E-state index in [1.807, 2.05) is 19.9 Å². The quantitative estimate of drug-likeness (QED) is 0.481. The van der Waals surface area contributed by atoms with E-state index in [-0.39, 0.29) is 19.1 Å². The van der Waals surface area contributed by atoms with Gasteiger partial charge in [-0.3, -0.25) is 0 Å². The summed E-state index contributed by atoms with van der Waals surface area (Å²) < 4.78 is 15.4. The second kappa shape index (κ2) is 12.1. The molecule has 0 aliphatic heterocycles. The number of hydrogen-bond donors (Lipinski definition) is 2. The number of amides is 2. The summed E-state index contributed by atoms with van der Waals surface area (Å²) in [7, 11) is 0. The standard InChI is InChI=1S/C22H26N2O6/c1-16(2)15-19(24-22(27)30-18-11-7-4-8-12-18)20(25)28-14-13-23-21(26)29-17-9-5-3-6-10-17/h3-12,16,19H,13-15H2,1-2H3,(H,23,26)(H,24,27)/t19-/m0/s1. The lowest BCUT2D eigenvalue weighted by molar-refractivity contribution is -0.146. The van der Waals surface area contributed by atoms with Crippen molar-refractivity contribution >= 4 is 18.2 Å². The normalized spacial score (nSPS) is 11.3. The van der Waals surface area contributed by atoms with Crippen LogP contribution in [0.15, 0.2) is 60.7 Å². The van der Waals surface area contributed by atoms with Crippen LogP contribution in [0.2, 0.25) is 0 Å². The molecule has 2 aromatic rings. The van der Waals surface area contributed by atoms with E-state index in [9.17, 15) is 14.4 Å². The summed E-state index contributed by atoms with van der Waals surface area (Å²) in [4.78, 5) is 36.2. The molecule has 0 saturated carbocycles. The minimum Gasteiger partial charge on any atom is -0.462 e. The Balaban J connectivity index is 1.75. The minimum atomic E-state index is -0.863. The molecular formula is C22H26N2O6. The highest BCUT2D eigenvalue weighted by molar-refractivity contribution is 5.82. The van der Waals surface area contributed by atoms with Crippen molar-refractivity contribution in [3.63, 3.8) is 0 Å². The lowest BCUT2D eigenvalue weighted by Gasteiger charge is -2.19. The fourth-order valence-corrected chi connectivity index (χ4v) is 2.49. The third-order valence-corrected chi connectivity index (χ3v) is 3.81. The van der Waals surface area contributed by atoms with Crippen LogP contribution in [0, 0.1) is 5.92 Å². The second-order valence-corrected chi connectivity index (χ2v) is 6.83. The number of esters is 1. The maximum absolute atomic E-state index is 12.4. The Morgan fingerprint density at radius 2 is 1.37 bits per heavy atom. The van der Waals surface area contributed by atoms with Crippen molar-refractivity contribution in [1.82, 2.24) is 10.6 Å². The first-order valence-corrected chi connectivity index (χ1v) is 9.65. The van der Waals surface area contributed by atoms with Gasteiger partial charge >= 0.3 is 18.2 Å². The Labute approximate surface area is 175 Å². The molecule has 160 valence electrons. The number of para-hydroxylation sites is 2. The number of carbonyl (C=O) groups is 3. The first-order chi connectivity index (χ1) is 14.4. The molecule has 0 fully saturated rings. The first kappa shape index (κ1) is 22.7. The van der Waals surface area contributed by atoms with Crippen molar-refractivity contribution < 1.29 is 28.6 Å². The van der Waals surface area contributed by atoms with Gasteiger partial charge in [-0.1, -0.05) is 50.2 Å². The van der Waals surface area contributed by atoms with Gasteiger partial charge in [0.25, 0.3) is 0 Å². The zero-order valence-corrected chi connectivity index (χ0v) is 17.0. The molecule has 0 heterocycles. The van der Waals surface area contributed by atoms with Crippen molar-refractivity contribution in [2.45, 2.75) is 26.3 Å². The molecule has 2 N–H and O–H groups in total. The summed E-state index contributed by atoms with van der Waals surface area (Å²) in [6, 6.07) is 16.3. The Hall–Kier alpha value is -3.55. The van der Waals surface area contributed by atoms with Gasteiger partial charge in [0.1, 0.15) is 24.1 Å². The molecule has 0 unspecified atom stereocenters. The van der Waals surface area contributed by atoms with Gasteiger partial charge in [0, 0.05) is 0 Å². The van der Waals surface area contributed by atoms with Crippen molar-refractivity contribution in [3.05, 3.63) is 60.7 Å². The van der Waals surface area contributed by atoms with Gasteiger partial charge in [0.2, 0.25) is 0 Å². The molecule has 8 nitrogen and oxygen atoms in total. The summed E-state index contributed by atoms with van der Waals surface area (Å²) in [6.07, 6.45) is -1.01. The summed E-state index contributed by atoms with van der Waals surface area (Å²) in [6.45, 7) is 3.85. The van der Waals surface area contributed by atoms with Gasteiger partial charge in [-0.25, -0.2) is 14.4 Å². The topological polar surface area (TPSA) is 103 Å². The molecule has 1 atom stereocenters. The van der Waals surface area contributed by atoms with Crippen LogP contribution in [0.1, 0.15) is 20.3 Å². The largest absolute Gasteiger partial charge is 0.462 e. The fraction of sp³-hybridized carbons (Fsp3) is 0.318. The molecule has 2 rings (SSSR count). The third kappa shape index (κ3) is 8.64. The fourth-order valence-electron chi connectivity index (χ4n) is 2.49. The molecule has 0 spiro atoms. The van der Waals surface area contributed by atoms with Gasteiger partial charge in [-0.2, -0.15) is 0 Å². The Bertz CT molecular complexity index is 811. The van der Waals surface area contributed by atoms with E-state index in [1.54, 1.807) is 54.6 Å². The summed E-state index contributed by atoms with van der Waals surface area (Å²) >= 11 is 0. The lowest BCUT2D eigenvalue weighted by atomic mass is 10.0. The van der Waals surface area contributed by atoms with Crippen molar-refractivity contribution in [2.75, 3.05) is 13.2 Å². The smallest absolute Gasteiger partial charge is 0.413 e. The Morgan fingerprint density at radius 3 is 1.90 bits per heavy atom. The van der Waals surface area contributed by atoms with Crippen LogP contribution in [-0.2, 0) is 9.53 Å². The van der Waals surface area contributed by atoms with Crippen molar-refractivity contribution in [1.29, 1.82) is 0 Å². The Morgan fingerprint density at radius 1 is 0.833 bits per heavy atom. The van der Waals surface area contributed by atoms with Gasteiger partial charge in [-0.05, 0) is 36.6 Å². The van der Waals surface area contributed by atoms with Crippen LogP contribution < -0.4 is 20.1 Å². The number of ether oxygens (including phenoxy) is 3. The average molecular weight is 414 g/mol. The van der Waals surface area contributed by atoms with Gasteiger partial charge < -0.3 is 24.8 Å². The number of carbonyl (C=O) groups excluding carboxylic acids is 3. The number of nitrogens with one attached hydrogen (secondary N) is 2. The average Bonchev–Trinajstić information content (AvgIpc) is 2.71. The third-order valence-electron chi connectivity index (χ3n) is 3.81. The highest BCUT2D eigenvalue weighted by Crippen LogP contribution is 2.11. The summed E-state index contributed by atoms with van der Waals surface area (Å²) in [5.74, 6) is 0.309. The highest BCUT2D eigenvalue weighted by Gasteiger charge is 2.24. The monoisotopic (exact) mass is 414 g/mol. The van der Waals surface area contributed by atoms with E-state index < -0.39 is 24.2 Å². The van der Waals surface area contributed by atoms with Gasteiger partial charge in [0.05, 0.1) is 6.54 Å². The molecular weight excluding hydrogens is 388 g/mol. The highest BCUT2D eigenvalue weighted by atomic mass is 16.6. The van der Waals surface area contributed by atoms with E-state index >= 15 is 0 Å². The van der Waals surface area contributed by atoms with E-state index in [0.29, 0.717) is 17.9 Å². The maximum atomic E-state index is 12.4. The number of rotatable bonds is 9. The van der Waals surface area contributed by atoms with Gasteiger partial charge in [0.15, 0.2) is 0 Å². The lowest BCUT2D eigenvalue weighted by Crippen LogP contribution is -2.44. The molecule has 2 aromatic carbocycles. The van der Waals surface area contributed by atoms with E-state index in [4.69, 9.17) is 14.2 Å². The predicted octanol–water partition coefficient (Wildman–Crippen LogP) is 3.52. The van der Waals surface area contributed by atoms with Crippen LogP contribution in [-0.4, -0.2) is 37.3 Å². The molecule has 0 aromatic heterocycles. The minimum absolute atomic E-state index is 0.0628. The molecule has 0 aliphatic carbocycles.